The van der Waals surface area contributed by atoms with Crippen molar-refractivity contribution in [3.63, 3.8) is 0 Å². The Morgan fingerprint density at radius 3 is 2.18 bits per heavy atom. The summed E-state index contributed by atoms with van der Waals surface area (Å²) in [5, 5.41) is 0.736. The third-order valence-electron chi connectivity index (χ3n) is 4.77. The van der Waals surface area contributed by atoms with E-state index < -0.39 is 5.97 Å². The minimum atomic E-state index is -0.478. The second kappa shape index (κ2) is 7.53. The predicted molar refractivity (Wildman–Crippen MR) is 110 cm³/mol. The van der Waals surface area contributed by atoms with Crippen LogP contribution in [0.5, 0.6) is 5.75 Å². The third kappa shape index (κ3) is 3.32. The number of aryl methyl sites for hydroxylation is 1. The van der Waals surface area contributed by atoms with Crippen LogP contribution >= 0.6 is 0 Å². The SMILES string of the molecule is Cn1c(=O)c(Cc2ccccc2)c(OC(=O)c2ccccc2)c2ccccc21. The van der Waals surface area contributed by atoms with E-state index in [4.69, 9.17) is 4.74 Å². The van der Waals surface area contributed by atoms with Gasteiger partial charge >= 0.3 is 5.97 Å². The van der Waals surface area contributed by atoms with Crippen LogP contribution in [0.25, 0.3) is 10.9 Å². The van der Waals surface area contributed by atoms with Crippen LogP contribution < -0.4 is 10.3 Å². The summed E-state index contributed by atoms with van der Waals surface area (Å²) in [4.78, 5) is 25.8. The number of fused-ring (bicyclic) bond motifs is 1. The number of hydrogen-bond acceptors (Lipinski definition) is 3. The van der Waals surface area contributed by atoms with Gasteiger partial charge in [0.25, 0.3) is 5.56 Å². The lowest BCUT2D eigenvalue weighted by molar-refractivity contribution is 0.0735. The van der Waals surface area contributed by atoms with Crippen LogP contribution in [0.3, 0.4) is 0 Å². The van der Waals surface area contributed by atoms with Gasteiger partial charge in [-0.25, -0.2) is 4.79 Å². The molecule has 0 aliphatic carbocycles. The van der Waals surface area contributed by atoms with Gasteiger partial charge in [-0.15, -0.1) is 0 Å². The zero-order chi connectivity index (χ0) is 19.5. The molecule has 0 aliphatic rings. The highest BCUT2D eigenvalue weighted by Crippen LogP contribution is 2.29. The molecule has 1 heterocycles. The van der Waals surface area contributed by atoms with E-state index in [9.17, 15) is 9.59 Å². The molecule has 0 unspecified atom stereocenters. The molecule has 0 spiro atoms. The van der Waals surface area contributed by atoms with Gasteiger partial charge in [0.05, 0.1) is 16.6 Å². The van der Waals surface area contributed by atoms with Crippen LogP contribution in [0, 0.1) is 0 Å². The van der Waals surface area contributed by atoms with E-state index in [1.807, 2.05) is 60.7 Å². The molecule has 4 heteroatoms. The molecule has 4 nitrogen and oxygen atoms in total. The Labute approximate surface area is 162 Å². The Bertz CT molecular complexity index is 1200. The number of esters is 1. The number of hydrogen-bond donors (Lipinski definition) is 0. The molecule has 4 aromatic rings. The van der Waals surface area contributed by atoms with Crippen molar-refractivity contribution in [1.82, 2.24) is 4.57 Å². The van der Waals surface area contributed by atoms with Crippen molar-refractivity contribution >= 4 is 16.9 Å². The van der Waals surface area contributed by atoms with Gasteiger partial charge in [-0.05, 0) is 29.8 Å². The normalized spacial score (nSPS) is 10.8. The van der Waals surface area contributed by atoms with Crippen molar-refractivity contribution < 1.29 is 9.53 Å². The molecule has 0 atom stereocenters. The molecule has 0 radical (unpaired) electrons. The van der Waals surface area contributed by atoms with Gasteiger partial charge in [0.15, 0.2) is 0 Å². The minimum absolute atomic E-state index is 0.168. The van der Waals surface area contributed by atoms with Crippen molar-refractivity contribution in [2.24, 2.45) is 7.05 Å². The van der Waals surface area contributed by atoms with Gasteiger partial charge in [0, 0.05) is 18.9 Å². The minimum Gasteiger partial charge on any atom is -0.422 e. The summed E-state index contributed by atoms with van der Waals surface area (Å²) >= 11 is 0. The topological polar surface area (TPSA) is 48.3 Å². The third-order valence-corrected chi connectivity index (χ3v) is 4.77. The number of ether oxygens (including phenoxy) is 1. The smallest absolute Gasteiger partial charge is 0.343 e. The fourth-order valence-electron chi connectivity index (χ4n) is 3.33. The Morgan fingerprint density at radius 2 is 1.46 bits per heavy atom. The summed E-state index contributed by atoms with van der Waals surface area (Å²) in [7, 11) is 1.74. The molecule has 0 N–H and O–H groups in total. The Hall–Kier alpha value is -3.66. The molecule has 4 rings (SSSR count). The zero-order valence-corrected chi connectivity index (χ0v) is 15.5. The van der Waals surface area contributed by atoms with Gasteiger partial charge in [0.2, 0.25) is 0 Å². The highest BCUT2D eigenvalue weighted by Gasteiger charge is 2.20. The maximum absolute atomic E-state index is 13.1. The summed E-state index contributed by atoms with van der Waals surface area (Å²) < 4.78 is 7.41. The van der Waals surface area contributed by atoms with Crippen LogP contribution in [0.4, 0.5) is 0 Å². The first-order chi connectivity index (χ1) is 13.6. The van der Waals surface area contributed by atoms with Crippen LogP contribution in [0.1, 0.15) is 21.5 Å². The van der Waals surface area contributed by atoms with Crippen LogP contribution in [-0.2, 0) is 13.5 Å². The molecule has 0 saturated carbocycles. The number of aromatic nitrogens is 1. The van der Waals surface area contributed by atoms with Crippen molar-refractivity contribution in [3.8, 4) is 5.75 Å². The molecular weight excluding hydrogens is 350 g/mol. The van der Waals surface area contributed by atoms with E-state index in [2.05, 4.69) is 0 Å². The lowest BCUT2D eigenvalue weighted by Crippen LogP contribution is -2.24. The monoisotopic (exact) mass is 369 g/mol. The van der Waals surface area contributed by atoms with E-state index in [1.54, 1.807) is 35.9 Å². The van der Waals surface area contributed by atoms with E-state index in [1.165, 1.54) is 0 Å². The Kier molecular flexibility index (Phi) is 4.77. The van der Waals surface area contributed by atoms with Crippen molar-refractivity contribution in [2.45, 2.75) is 6.42 Å². The maximum Gasteiger partial charge on any atom is 0.343 e. The van der Waals surface area contributed by atoms with Crippen molar-refractivity contribution in [1.29, 1.82) is 0 Å². The highest BCUT2D eigenvalue weighted by molar-refractivity contribution is 5.95. The van der Waals surface area contributed by atoms with Crippen LogP contribution in [0.2, 0.25) is 0 Å². The molecule has 28 heavy (non-hydrogen) atoms. The summed E-state index contributed by atoms with van der Waals surface area (Å²) in [6.45, 7) is 0. The average molecular weight is 369 g/mol. The second-order valence-corrected chi connectivity index (χ2v) is 6.61. The van der Waals surface area contributed by atoms with Crippen LogP contribution in [-0.4, -0.2) is 10.5 Å². The quantitative estimate of drug-likeness (QED) is 0.503. The van der Waals surface area contributed by atoms with Crippen molar-refractivity contribution in [3.05, 3.63) is 112 Å². The fraction of sp³-hybridized carbons (Fsp3) is 0.0833. The number of nitrogens with zero attached hydrogens (tertiary/aromatic N) is 1. The second-order valence-electron chi connectivity index (χ2n) is 6.61. The van der Waals surface area contributed by atoms with Gasteiger partial charge in [0.1, 0.15) is 5.75 Å². The lowest BCUT2D eigenvalue weighted by Gasteiger charge is -2.16. The molecule has 0 bridgehead atoms. The van der Waals surface area contributed by atoms with Gasteiger partial charge in [-0.3, -0.25) is 4.79 Å². The number of carbonyl (C=O) groups excluding carboxylic acids is 1. The molecule has 0 saturated heterocycles. The molecular formula is C24H19NO3. The number of carbonyl (C=O) groups is 1. The average Bonchev–Trinajstić information content (AvgIpc) is 2.75. The summed E-state index contributed by atoms with van der Waals surface area (Å²) in [6.07, 6.45) is 0.385. The molecule has 3 aromatic carbocycles. The molecule has 0 aliphatic heterocycles. The highest BCUT2D eigenvalue weighted by atomic mass is 16.5. The lowest BCUT2D eigenvalue weighted by atomic mass is 10.0. The first-order valence-electron chi connectivity index (χ1n) is 9.07. The number of pyridine rings is 1. The first kappa shape index (κ1) is 17.7. The molecule has 1 aromatic heterocycles. The van der Waals surface area contributed by atoms with Crippen LogP contribution in [0.15, 0.2) is 89.7 Å². The van der Waals surface area contributed by atoms with E-state index >= 15 is 0 Å². The number of rotatable bonds is 4. The fourth-order valence-corrected chi connectivity index (χ4v) is 3.33. The van der Waals surface area contributed by atoms with E-state index in [0.29, 0.717) is 23.3 Å². The van der Waals surface area contributed by atoms with Crippen molar-refractivity contribution in [2.75, 3.05) is 0 Å². The standard InChI is InChI=1S/C24H19NO3/c1-25-21-15-9-8-14-19(21)22(28-24(27)18-12-6-3-7-13-18)20(23(25)26)16-17-10-4-2-5-11-17/h2-15H,16H2,1H3. The number of benzene rings is 3. The van der Waals surface area contributed by atoms with E-state index in [0.717, 1.165) is 16.5 Å². The van der Waals surface area contributed by atoms with Gasteiger partial charge in [-0.2, -0.15) is 0 Å². The first-order valence-corrected chi connectivity index (χ1v) is 9.07. The Balaban J connectivity index is 1.89. The summed E-state index contributed by atoms with van der Waals surface area (Å²) in [5.74, 6) is -0.148. The number of para-hydroxylation sites is 1. The summed E-state index contributed by atoms with van der Waals surface area (Å²) in [5.41, 5.74) is 2.44. The molecule has 138 valence electrons. The van der Waals surface area contributed by atoms with Gasteiger partial charge < -0.3 is 9.30 Å². The molecule has 0 fully saturated rings. The zero-order valence-electron chi connectivity index (χ0n) is 15.5. The maximum atomic E-state index is 13.1. The summed E-state index contributed by atoms with van der Waals surface area (Å²) in [6, 6.07) is 25.9. The Morgan fingerprint density at radius 1 is 0.857 bits per heavy atom. The predicted octanol–water partition coefficient (Wildman–Crippen LogP) is 4.35. The largest absolute Gasteiger partial charge is 0.422 e. The van der Waals surface area contributed by atoms with E-state index in [-0.39, 0.29) is 5.56 Å². The molecule has 0 amide bonds. The van der Waals surface area contributed by atoms with Gasteiger partial charge in [-0.1, -0.05) is 60.7 Å².